The van der Waals surface area contributed by atoms with Crippen LogP contribution < -0.4 is 11.1 Å². The highest BCUT2D eigenvalue weighted by Crippen LogP contribution is 2.37. The number of halogens is 2. The van der Waals surface area contributed by atoms with Gasteiger partial charge in [0.1, 0.15) is 6.04 Å². The molecule has 0 bridgehead atoms. The van der Waals surface area contributed by atoms with Gasteiger partial charge in [-0.25, -0.2) is 4.68 Å². The van der Waals surface area contributed by atoms with Crippen LogP contribution in [0.4, 0.5) is 5.95 Å². The highest BCUT2D eigenvalue weighted by molar-refractivity contribution is 6.42. The number of primary amides is 1. The number of hydrogen-bond donors (Lipinski definition) is 3. The molecule has 132 valence electrons. The molecular weight excluding hydrogens is 365 g/mol. The number of carbonyl (C=O) groups excluding carboxylic acids is 1. The molecule has 2 aromatic rings. The van der Waals surface area contributed by atoms with Crippen molar-refractivity contribution >= 4 is 35.1 Å². The first-order chi connectivity index (χ1) is 11.9. The summed E-state index contributed by atoms with van der Waals surface area (Å²) in [5, 5.41) is 17.3. The molecule has 1 aromatic heterocycles. The van der Waals surface area contributed by atoms with Crippen LogP contribution >= 0.6 is 23.2 Å². The number of carbonyl (C=O) groups is 1. The Kier molecular flexibility index (Phi) is 4.99. The first kappa shape index (κ1) is 17.7. The van der Waals surface area contributed by atoms with E-state index in [1.807, 2.05) is 0 Å². The molecular formula is C16H17Cl2N5O2. The summed E-state index contributed by atoms with van der Waals surface area (Å²) in [6.45, 7) is 1.81. The monoisotopic (exact) mass is 381 g/mol. The van der Waals surface area contributed by atoms with Crippen LogP contribution in [0.5, 0.6) is 0 Å². The molecule has 4 N–H and O–H groups in total. The molecule has 1 atom stereocenters. The predicted molar refractivity (Wildman–Crippen MR) is 95.5 cm³/mol. The van der Waals surface area contributed by atoms with Crippen molar-refractivity contribution in [3.8, 4) is 0 Å². The minimum Gasteiger partial charge on any atom is -0.396 e. The smallest absolute Gasteiger partial charge is 0.248 e. The highest BCUT2D eigenvalue weighted by atomic mass is 35.5. The van der Waals surface area contributed by atoms with E-state index < -0.39 is 11.9 Å². The number of hydrogen-bond acceptors (Lipinski definition) is 5. The number of fused-ring (bicyclic) bond motifs is 1. The maximum Gasteiger partial charge on any atom is 0.248 e. The van der Waals surface area contributed by atoms with Crippen molar-refractivity contribution in [3.05, 3.63) is 50.9 Å². The van der Waals surface area contributed by atoms with Gasteiger partial charge in [0, 0.05) is 18.7 Å². The summed E-state index contributed by atoms with van der Waals surface area (Å²) in [6.07, 6.45) is 1.08. The summed E-state index contributed by atoms with van der Waals surface area (Å²) in [5.41, 5.74) is 7.32. The fourth-order valence-electron chi connectivity index (χ4n) is 2.85. The number of amides is 1. The van der Waals surface area contributed by atoms with Crippen molar-refractivity contribution in [2.45, 2.75) is 25.8 Å². The minimum absolute atomic E-state index is 0.0529. The third-order valence-electron chi connectivity index (χ3n) is 3.98. The molecule has 9 heteroatoms. The van der Waals surface area contributed by atoms with Gasteiger partial charge in [0.25, 0.3) is 0 Å². The van der Waals surface area contributed by atoms with Crippen molar-refractivity contribution in [2.75, 3.05) is 11.9 Å². The highest BCUT2D eigenvalue weighted by Gasteiger charge is 2.33. The first-order valence-corrected chi connectivity index (χ1v) is 8.46. The third kappa shape index (κ3) is 3.35. The number of aromatic nitrogens is 3. The normalized spacial score (nSPS) is 16.6. The summed E-state index contributed by atoms with van der Waals surface area (Å²) < 4.78 is 1.61. The Balaban J connectivity index is 2.13. The van der Waals surface area contributed by atoms with Crippen LogP contribution in [-0.4, -0.2) is 32.4 Å². The number of aliphatic hydroxyl groups excluding tert-OH is 1. The molecule has 1 aliphatic heterocycles. The Morgan fingerprint density at radius 1 is 1.40 bits per heavy atom. The lowest BCUT2D eigenvalue weighted by atomic mass is 9.95. The standard InChI is InChI=1S/C16H17Cl2N5O2/c1-8-13(15(19)25)14(9-4-5-10(17)11(18)7-9)23-16(20-8)21-12(22-23)3-2-6-24/h4-5,7,14,24H,2-3,6H2,1H3,(H2,19,25)(H,20,21,22)/t14-/m1/s1. The fraction of sp³-hybridized carbons (Fsp3) is 0.312. The van der Waals surface area contributed by atoms with Crippen molar-refractivity contribution in [1.82, 2.24) is 14.8 Å². The van der Waals surface area contributed by atoms with E-state index in [1.54, 1.807) is 29.8 Å². The second-order valence-corrected chi connectivity index (χ2v) is 6.54. The van der Waals surface area contributed by atoms with Crippen molar-refractivity contribution < 1.29 is 9.90 Å². The lowest BCUT2D eigenvalue weighted by molar-refractivity contribution is -0.115. The van der Waals surface area contributed by atoms with Gasteiger partial charge in [0.2, 0.25) is 11.9 Å². The van der Waals surface area contributed by atoms with Crippen LogP contribution in [0.1, 0.15) is 30.8 Å². The van der Waals surface area contributed by atoms with Crippen LogP contribution in [0.15, 0.2) is 29.5 Å². The summed E-state index contributed by atoms with van der Waals surface area (Å²) in [4.78, 5) is 16.5. The number of nitrogens with one attached hydrogen (secondary N) is 1. The lowest BCUT2D eigenvalue weighted by Gasteiger charge is -2.27. The summed E-state index contributed by atoms with van der Waals surface area (Å²) in [6, 6.07) is 4.58. The van der Waals surface area contributed by atoms with E-state index in [0.717, 1.165) is 5.56 Å². The fourth-order valence-corrected chi connectivity index (χ4v) is 3.15. The maximum absolute atomic E-state index is 12.1. The van der Waals surface area contributed by atoms with E-state index in [-0.39, 0.29) is 6.61 Å². The molecule has 2 heterocycles. The number of aliphatic hydroxyl groups is 1. The van der Waals surface area contributed by atoms with E-state index in [4.69, 9.17) is 34.0 Å². The van der Waals surface area contributed by atoms with Crippen molar-refractivity contribution in [1.29, 1.82) is 0 Å². The number of allylic oxidation sites excluding steroid dienone is 1. The van der Waals surface area contributed by atoms with Crippen molar-refractivity contribution in [3.63, 3.8) is 0 Å². The van der Waals surface area contributed by atoms with Gasteiger partial charge < -0.3 is 16.2 Å². The molecule has 0 aliphatic carbocycles. The zero-order valence-electron chi connectivity index (χ0n) is 13.5. The van der Waals surface area contributed by atoms with Gasteiger partial charge in [-0.15, -0.1) is 0 Å². The average molecular weight is 382 g/mol. The molecule has 1 amide bonds. The van der Waals surface area contributed by atoms with E-state index in [0.29, 0.717) is 45.9 Å². The zero-order chi connectivity index (χ0) is 18.1. The molecule has 0 radical (unpaired) electrons. The largest absolute Gasteiger partial charge is 0.396 e. The summed E-state index contributed by atoms with van der Waals surface area (Å²) >= 11 is 12.1. The lowest BCUT2D eigenvalue weighted by Crippen LogP contribution is -2.31. The topological polar surface area (TPSA) is 106 Å². The van der Waals surface area contributed by atoms with Crippen LogP contribution in [-0.2, 0) is 11.2 Å². The molecule has 7 nitrogen and oxygen atoms in total. The number of anilines is 1. The number of rotatable bonds is 5. The molecule has 25 heavy (non-hydrogen) atoms. The number of benzene rings is 1. The van der Waals surface area contributed by atoms with Crippen LogP contribution in [0, 0.1) is 0 Å². The van der Waals surface area contributed by atoms with Gasteiger partial charge in [-0.2, -0.15) is 10.1 Å². The van der Waals surface area contributed by atoms with Gasteiger partial charge in [-0.05, 0) is 31.0 Å². The summed E-state index contributed by atoms with van der Waals surface area (Å²) in [5.74, 6) is 0.519. The maximum atomic E-state index is 12.1. The molecule has 0 unspecified atom stereocenters. The van der Waals surface area contributed by atoms with Gasteiger partial charge in [-0.1, -0.05) is 29.3 Å². The minimum atomic E-state index is -0.557. The van der Waals surface area contributed by atoms with Gasteiger partial charge in [-0.3, -0.25) is 4.79 Å². The average Bonchev–Trinajstić information content (AvgIpc) is 2.96. The van der Waals surface area contributed by atoms with E-state index >= 15 is 0 Å². The Morgan fingerprint density at radius 3 is 2.80 bits per heavy atom. The van der Waals surface area contributed by atoms with E-state index in [1.165, 1.54) is 0 Å². The first-order valence-electron chi connectivity index (χ1n) is 7.71. The molecule has 3 rings (SSSR count). The SMILES string of the molecule is CC1=C(C(N)=O)[C@@H](c2ccc(Cl)c(Cl)c2)n2nc(CCCO)nc2N1. The Morgan fingerprint density at radius 2 is 2.16 bits per heavy atom. The van der Waals surface area contributed by atoms with Crippen LogP contribution in [0.3, 0.4) is 0 Å². The molecule has 1 aromatic carbocycles. The number of nitrogens with zero attached hydrogens (tertiary/aromatic N) is 3. The van der Waals surface area contributed by atoms with E-state index in [9.17, 15) is 4.79 Å². The van der Waals surface area contributed by atoms with Crippen LogP contribution in [0.25, 0.3) is 0 Å². The Labute approximate surface area is 154 Å². The van der Waals surface area contributed by atoms with Crippen molar-refractivity contribution in [2.24, 2.45) is 5.73 Å². The zero-order valence-corrected chi connectivity index (χ0v) is 15.0. The number of nitrogens with two attached hydrogens (primary N) is 1. The number of aryl methyl sites for hydroxylation is 1. The summed E-state index contributed by atoms with van der Waals surface area (Å²) in [7, 11) is 0. The molecule has 1 aliphatic rings. The molecule has 0 saturated carbocycles. The van der Waals surface area contributed by atoms with Gasteiger partial charge in [0.15, 0.2) is 5.82 Å². The molecule has 0 spiro atoms. The Bertz CT molecular complexity index is 862. The third-order valence-corrected chi connectivity index (χ3v) is 4.72. The second kappa shape index (κ2) is 7.03. The second-order valence-electron chi connectivity index (χ2n) is 5.73. The van der Waals surface area contributed by atoms with E-state index in [2.05, 4.69) is 15.4 Å². The van der Waals surface area contributed by atoms with Crippen LogP contribution in [0.2, 0.25) is 10.0 Å². The Hall–Kier alpha value is -2.09. The quantitative estimate of drug-likeness (QED) is 0.736. The molecule has 0 saturated heterocycles. The predicted octanol–water partition coefficient (Wildman–Crippen LogP) is 2.28. The van der Waals surface area contributed by atoms with Gasteiger partial charge >= 0.3 is 0 Å². The molecule has 0 fully saturated rings. The van der Waals surface area contributed by atoms with Gasteiger partial charge in [0.05, 0.1) is 15.6 Å².